The number of piperidine rings is 1. The Labute approximate surface area is 183 Å². The molecule has 6 heteroatoms. The standard InChI is InChI=1S/C25H31N3O3/c1-17-5-8-23(19(13-17)16-29)26-20-9-11-28(12-10-20)15-25(31)27-21-6-7-22-18(14-21)3-2-4-24(22)30/h5-8,13-14,20,26,29H,2-4,9-12,15-16H2,1H3,(H,27,31). The number of ketones is 1. The number of Topliss-reactive ketones (excluding diaryl/α,β-unsaturated/α-hetero) is 1. The number of rotatable bonds is 6. The summed E-state index contributed by atoms with van der Waals surface area (Å²) < 4.78 is 0. The first kappa shape index (κ1) is 21.5. The lowest BCUT2D eigenvalue weighted by molar-refractivity contribution is -0.117. The molecule has 1 aliphatic heterocycles. The van der Waals surface area contributed by atoms with Crippen molar-refractivity contribution >= 4 is 23.1 Å². The van der Waals surface area contributed by atoms with Crippen molar-refractivity contribution in [2.75, 3.05) is 30.3 Å². The van der Waals surface area contributed by atoms with Crippen molar-refractivity contribution in [3.8, 4) is 0 Å². The lowest BCUT2D eigenvalue weighted by Crippen LogP contribution is -2.42. The van der Waals surface area contributed by atoms with Crippen LogP contribution in [-0.2, 0) is 17.8 Å². The van der Waals surface area contributed by atoms with Crippen molar-refractivity contribution in [3.63, 3.8) is 0 Å². The highest BCUT2D eigenvalue weighted by atomic mass is 16.3. The number of anilines is 2. The highest BCUT2D eigenvalue weighted by Gasteiger charge is 2.22. The van der Waals surface area contributed by atoms with E-state index in [-0.39, 0.29) is 18.3 Å². The third-order valence-electron chi connectivity index (χ3n) is 6.28. The van der Waals surface area contributed by atoms with Crippen molar-refractivity contribution in [2.24, 2.45) is 0 Å². The molecule has 1 amide bonds. The fourth-order valence-electron chi connectivity index (χ4n) is 4.58. The number of hydrogen-bond acceptors (Lipinski definition) is 5. The van der Waals surface area contributed by atoms with E-state index in [2.05, 4.69) is 21.6 Å². The van der Waals surface area contributed by atoms with Gasteiger partial charge in [0.25, 0.3) is 0 Å². The van der Waals surface area contributed by atoms with E-state index in [0.717, 1.165) is 72.4 Å². The summed E-state index contributed by atoms with van der Waals surface area (Å²) in [6.45, 7) is 4.12. The summed E-state index contributed by atoms with van der Waals surface area (Å²) in [7, 11) is 0. The lowest BCUT2D eigenvalue weighted by Gasteiger charge is -2.32. The van der Waals surface area contributed by atoms with Gasteiger partial charge in [-0.3, -0.25) is 14.5 Å². The van der Waals surface area contributed by atoms with E-state index in [1.807, 2.05) is 37.3 Å². The summed E-state index contributed by atoms with van der Waals surface area (Å²) in [6, 6.07) is 12.1. The van der Waals surface area contributed by atoms with Gasteiger partial charge in [0.2, 0.25) is 5.91 Å². The van der Waals surface area contributed by atoms with Crippen LogP contribution < -0.4 is 10.6 Å². The molecule has 4 rings (SSSR count). The van der Waals surface area contributed by atoms with Gasteiger partial charge in [-0.25, -0.2) is 0 Å². The van der Waals surface area contributed by atoms with Crippen LogP contribution in [-0.4, -0.2) is 47.4 Å². The van der Waals surface area contributed by atoms with Crippen LogP contribution in [0.25, 0.3) is 0 Å². The van der Waals surface area contributed by atoms with E-state index in [1.54, 1.807) is 0 Å². The van der Waals surface area contributed by atoms with Gasteiger partial charge in [0.15, 0.2) is 5.78 Å². The number of aliphatic hydroxyl groups is 1. The van der Waals surface area contributed by atoms with Gasteiger partial charge in [0, 0.05) is 48.1 Å². The van der Waals surface area contributed by atoms with Gasteiger partial charge in [-0.2, -0.15) is 0 Å². The average molecular weight is 422 g/mol. The van der Waals surface area contributed by atoms with Gasteiger partial charge in [-0.1, -0.05) is 17.7 Å². The van der Waals surface area contributed by atoms with Gasteiger partial charge in [-0.15, -0.1) is 0 Å². The highest BCUT2D eigenvalue weighted by Crippen LogP contribution is 2.25. The number of carbonyl (C=O) groups is 2. The molecule has 1 aliphatic carbocycles. The Morgan fingerprint density at radius 1 is 1.13 bits per heavy atom. The Balaban J connectivity index is 1.26. The van der Waals surface area contributed by atoms with Crippen molar-refractivity contribution in [1.82, 2.24) is 4.90 Å². The van der Waals surface area contributed by atoms with E-state index in [4.69, 9.17) is 0 Å². The predicted molar refractivity (Wildman–Crippen MR) is 123 cm³/mol. The van der Waals surface area contributed by atoms with Crippen LogP contribution in [0, 0.1) is 6.92 Å². The Hall–Kier alpha value is -2.70. The van der Waals surface area contributed by atoms with Crippen LogP contribution in [0.5, 0.6) is 0 Å². The molecular formula is C25H31N3O3. The number of nitrogens with zero attached hydrogens (tertiary/aromatic N) is 1. The summed E-state index contributed by atoms with van der Waals surface area (Å²) in [4.78, 5) is 26.7. The van der Waals surface area contributed by atoms with E-state index >= 15 is 0 Å². The summed E-state index contributed by atoms with van der Waals surface area (Å²) >= 11 is 0. The maximum atomic E-state index is 12.5. The largest absolute Gasteiger partial charge is 0.392 e. The third-order valence-corrected chi connectivity index (χ3v) is 6.28. The smallest absolute Gasteiger partial charge is 0.238 e. The number of fused-ring (bicyclic) bond motifs is 1. The van der Waals surface area contributed by atoms with Gasteiger partial charge >= 0.3 is 0 Å². The van der Waals surface area contributed by atoms with Gasteiger partial charge in [0.05, 0.1) is 13.2 Å². The molecule has 31 heavy (non-hydrogen) atoms. The molecule has 1 fully saturated rings. The van der Waals surface area contributed by atoms with Gasteiger partial charge in [-0.05, 0) is 62.4 Å². The molecule has 2 aromatic rings. The van der Waals surface area contributed by atoms with Crippen LogP contribution in [0.2, 0.25) is 0 Å². The molecule has 0 radical (unpaired) electrons. The molecule has 0 atom stereocenters. The third kappa shape index (κ3) is 5.32. The van der Waals surface area contributed by atoms with E-state index < -0.39 is 0 Å². The molecule has 6 nitrogen and oxygen atoms in total. The van der Waals surface area contributed by atoms with Crippen LogP contribution >= 0.6 is 0 Å². The first-order chi connectivity index (χ1) is 15.0. The van der Waals surface area contributed by atoms with E-state index in [1.165, 1.54) is 0 Å². The summed E-state index contributed by atoms with van der Waals surface area (Å²) in [5, 5.41) is 16.2. The number of nitrogens with one attached hydrogen (secondary N) is 2. The molecule has 3 N–H and O–H groups in total. The van der Waals surface area contributed by atoms with Crippen molar-refractivity contribution in [2.45, 2.75) is 51.7 Å². The minimum absolute atomic E-state index is 0.0189. The minimum Gasteiger partial charge on any atom is -0.392 e. The highest BCUT2D eigenvalue weighted by molar-refractivity contribution is 5.99. The van der Waals surface area contributed by atoms with Crippen molar-refractivity contribution < 1.29 is 14.7 Å². The second-order valence-corrected chi connectivity index (χ2v) is 8.71. The van der Waals surface area contributed by atoms with Crippen LogP contribution in [0.4, 0.5) is 11.4 Å². The maximum Gasteiger partial charge on any atom is 0.238 e. The summed E-state index contributed by atoms with van der Waals surface area (Å²) in [6.07, 6.45) is 4.30. The second kappa shape index (κ2) is 9.62. The van der Waals surface area contributed by atoms with Crippen molar-refractivity contribution in [3.05, 3.63) is 58.7 Å². The van der Waals surface area contributed by atoms with Crippen LogP contribution in [0.15, 0.2) is 36.4 Å². The molecule has 2 aromatic carbocycles. The Bertz CT molecular complexity index is 964. The maximum absolute atomic E-state index is 12.5. The van der Waals surface area contributed by atoms with Crippen LogP contribution in [0.3, 0.4) is 0 Å². The number of carbonyl (C=O) groups excluding carboxylic acids is 2. The lowest BCUT2D eigenvalue weighted by atomic mass is 9.90. The Morgan fingerprint density at radius 3 is 2.71 bits per heavy atom. The fraction of sp³-hybridized carbons (Fsp3) is 0.440. The summed E-state index contributed by atoms with van der Waals surface area (Å²) in [5.41, 5.74) is 5.67. The molecule has 1 heterocycles. The molecule has 0 aromatic heterocycles. The van der Waals surface area contributed by atoms with E-state index in [9.17, 15) is 14.7 Å². The minimum atomic E-state index is -0.0189. The normalized spacial score (nSPS) is 17.3. The number of amides is 1. The zero-order chi connectivity index (χ0) is 21.8. The zero-order valence-corrected chi connectivity index (χ0v) is 18.1. The number of benzene rings is 2. The van der Waals surface area contributed by atoms with E-state index in [0.29, 0.717) is 19.0 Å². The van der Waals surface area contributed by atoms with Gasteiger partial charge < -0.3 is 15.7 Å². The first-order valence-electron chi connectivity index (χ1n) is 11.2. The van der Waals surface area contributed by atoms with Crippen LogP contribution in [0.1, 0.15) is 52.7 Å². The average Bonchev–Trinajstić information content (AvgIpc) is 2.76. The quantitative estimate of drug-likeness (QED) is 0.665. The number of aliphatic hydroxyl groups excluding tert-OH is 1. The molecule has 164 valence electrons. The zero-order valence-electron chi connectivity index (χ0n) is 18.1. The first-order valence-corrected chi connectivity index (χ1v) is 11.2. The van der Waals surface area contributed by atoms with Gasteiger partial charge in [0.1, 0.15) is 0 Å². The Kier molecular flexibility index (Phi) is 6.68. The predicted octanol–water partition coefficient (Wildman–Crippen LogP) is 3.52. The monoisotopic (exact) mass is 421 g/mol. The fourth-order valence-corrected chi connectivity index (χ4v) is 4.58. The molecule has 0 unspecified atom stereocenters. The Morgan fingerprint density at radius 2 is 1.94 bits per heavy atom. The topological polar surface area (TPSA) is 81.7 Å². The molecule has 0 saturated carbocycles. The molecular weight excluding hydrogens is 390 g/mol. The summed E-state index contributed by atoms with van der Waals surface area (Å²) in [5.74, 6) is 0.182. The molecule has 0 spiro atoms. The molecule has 1 saturated heterocycles. The number of likely N-dealkylation sites (tertiary alicyclic amines) is 1. The number of hydrogen-bond donors (Lipinski definition) is 3. The number of aryl methyl sites for hydroxylation is 2. The van der Waals surface area contributed by atoms with Crippen molar-refractivity contribution in [1.29, 1.82) is 0 Å². The molecule has 0 bridgehead atoms. The second-order valence-electron chi connectivity index (χ2n) is 8.71. The SMILES string of the molecule is Cc1ccc(NC2CCN(CC(=O)Nc3ccc4c(c3)CCCC4=O)CC2)c(CO)c1. The molecule has 2 aliphatic rings.